The van der Waals surface area contributed by atoms with E-state index in [0.717, 1.165) is 35.4 Å². The van der Waals surface area contributed by atoms with E-state index in [9.17, 15) is 4.79 Å². The molecule has 0 N–H and O–H groups in total. The molecule has 7 heteroatoms. The van der Waals surface area contributed by atoms with Gasteiger partial charge in [0.1, 0.15) is 10.9 Å². The third-order valence-electron chi connectivity index (χ3n) is 3.52. The Morgan fingerprint density at radius 3 is 3.00 bits per heavy atom. The van der Waals surface area contributed by atoms with Gasteiger partial charge in [-0.1, -0.05) is 6.42 Å². The number of hydrogen-bond acceptors (Lipinski definition) is 6. The topological polar surface area (TPSA) is 69.9 Å². The van der Waals surface area contributed by atoms with Crippen LogP contribution in [-0.4, -0.2) is 32.3 Å². The third kappa shape index (κ3) is 3.30. The predicted octanol–water partition coefficient (Wildman–Crippen LogP) is 2.73. The molecular formula is C15H18N4O2S. The Kier molecular flexibility index (Phi) is 4.72. The molecule has 2 aromatic rings. The minimum atomic E-state index is -0.345. The standard InChI is InChI=1S/C15H18N4O2S/c1-2-21-14(20)11-7-8-13(16-10-11)22-15-18-17-12-6-4-3-5-9-19(12)15/h7-8,10H,2-6,9H2,1H3. The Balaban J connectivity index is 1.74. The molecule has 0 radical (unpaired) electrons. The highest BCUT2D eigenvalue weighted by Crippen LogP contribution is 2.27. The van der Waals surface area contributed by atoms with Crippen LogP contribution in [0, 0.1) is 0 Å². The Morgan fingerprint density at radius 2 is 2.23 bits per heavy atom. The summed E-state index contributed by atoms with van der Waals surface area (Å²) in [5, 5.41) is 10.2. The predicted molar refractivity (Wildman–Crippen MR) is 81.9 cm³/mol. The molecule has 3 heterocycles. The van der Waals surface area contributed by atoms with Crippen molar-refractivity contribution in [2.45, 2.75) is 49.3 Å². The Bertz CT molecular complexity index is 654. The molecule has 116 valence electrons. The van der Waals surface area contributed by atoms with Gasteiger partial charge in [-0.05, 0) is 43.7 Å². The first kappa shape index (κ1) is 15.0. The lowest BCUT2D eigenvalue weighted by atomic mass is 10.2. The number of carbonyl (C=O) groups excluding carboxylic acids is 1. The summed E-state index contributed by atoms with van der Waals surface area (Å²) in [6.45, 7) is 3.11. The summed E-state index contributed by atoms with van der Waals surface area (Å²) in [7, 11) is 0. The summed E-state index contributed by atoms with van der Waals surface area (Å²) in [5.41, 5.74) is 0.464. The molecule has 0 saturated carbocycles. The van der Waals surface area contributed by atoms with Crippen LogP contribution in [0.25, 0.3) is 0 Å². The summed E-state index contributed by atoms with van der Waals surface area (Å²) in [6.07, 6.45) is 6.10. The van der Waals surface area contributed by atoms with Crippen molar-refractivity contribution in [3.8, 4) is 0 Å². The zero-order valence-corrected chi connectivity index (χ0v) is 13.3. The molecule has 0 unspecified atom stereocenters. The van der Waals surface area contributed by atoms with Gasteiger partial charge in [0.05, 0.1) is 12.2 Å². The van der Waals surface area contributed by atoms with Gasteiger partial charge in [0.15, 0.2) is 5.16 Å². The molecule has 2 aromatic heterocycles. The van der Waals surface area contributed by atoms with Crippen molar-refractivity contribution in [3.05, 3.63) is 29.7 Å². The lowest BCUT2D eigenvalue weighted by Gasteiger charge is -2.06. The molecule has 0 aromatic carbocycles. The number of aryl methyl sites for hydroxylation is 1. The van der Waals surface area contributed by atoms with E-state index in [1.54, 1.807) is 19.2 Å². The molecule has 6 nitrogen and oxygen atoms in total. The summed E-state index contributed by atoms with van der Waals surface area (Å²) in [6, 6.07) is 3.54. The quantitative estimate of drug-likeness (QED) is 0.807. The van der Waals surface area contributed by atoms with Crippen LogP contribution >= 0.6 is 11.8 Å². The second-order valence-electron chi connectivity index (χ2n) is 5.07. The molecular weight excluding hydrogens is 300 g/mol. The van der Waals surface area contributed by atoms with E-state index in [-0.39, 0.29) is 5.97 Å². The van der Waals surface area contributed by atoms with Crippen LogP contribution in [-0.2, 0) is 17.7 Å². The number of hydrogen-bond donors (Lipinski definition) is 0. The average Bonchev–Trinajstić information content (AvgIpc) is 2.76. The Hall–Kier alpha value is -1.89. The molecule has 0 amide bonds. The first-order valence-corrected chi connectivity index (χ1v) is 8.32. The summed E-state index contributed by atoms with van der Waals surface area (Å²) >= 11 is 1.48. The number of esters is 1. The van der Waals surface area contributed by atoms with Crippen molar-refractivity contribution in [2.75, 3.05) is 6.61 Å². The van der Waals surface area contributed by atoms with E-state index in [0.29, 0.717) is 12.2 Å². The highest BCUT2D eigenvalue weighted by atomic mass is 32.2. The number of carbonyl (C=O) groups is 1. The van der Waals surface area contributed by atoms with Crippen LogP contribution in [0.1, 0.15) is 42.4 Å². The van der Waals surface area contributed by atoms with Crippen LogP contribution in [0.2, 0.25) is 0 Å². The average molecular weight is 318 g/mol. The van der Waals surface area contributed by atoms with Crippen molar-refractivity contribution in [1.29, 1.82) is 0 Å². The van der Waals surface area contributed by atoms with E-state index in [1.807, 2.05) is 6.07 Å². The molecule has 0 atom stereocenters. The first-order chi connectivity index (χ1) is 10.8. The maximum atomic E-state index is 11.6. The molecule has 0 spiro atoms. The maximum Gasteiger partial charge on any atom is 0.339 e. The van der Waals surface area contributed by atoms with Crippen molar-refractivity contribution in [1.82, 2.24) is 19.7 Å². The number of pyridine rings is 1. The number of fused-ring (bicyclic) bond motifs is 1. The van der Waals surface area contributed by atoms with Crippen LogP contribution in [0.3, 0.4) is 0 Å². The van der Waals surface area contributed by atoms with Gasteiger partial charge in [0, 0.05) is 19.2 Å². The number of rotatable bonds is 4. The molecule has 0 bridgehead atoms. The van der Waals surface area contributed by atoms with Crippen molar-refractivity contribution in [2.24, 2.45) is 0 Å². The van der Waals surface area contributed by atoms with Gasteiger partial charge in [-0.25, -0.2) is 9.78 Å². The van der Waals surface area contributed by atoms with Gasteiger partial charge in [-0.2, -0.15) is 0 Å². The molecule has 3 rings (SSSR count). The second kappa shape index (κ2) is 6.91. The fourth-order valence-corrected chi connectivity index (χ4v) is 3.22. The first-order valence-electron chi connectivity index (χ1n) is 7.51. The molecule has 0 fully saturated rings. The van der Waals surface area contributed by atoms with Gasteiger partial charge >= 0.3 is 5.97 Å². The fourth-order valence-electron chi connectivity index (χ4n) is 2.40. The molecule has 1 aliphatic heterocycles. The largest absolute Gasteiger partial charge is 0.462 e. The highest BCUT2D eigenvalue weighted by molar-refractivity contribution is 7.99. The molecule has 1 aliphatic rings. The number of nitrogens with zero attached hydrogens (tertiary/aromatic N) is 4. The monoisotopic (exact) mass is 318 g/mol. The zero-order valence-electron chi connectivity index (χ0n) is 12.5. The van der Waals surface area contributed by atoms with E-state index < -0.39 is 0 Å². The Labute approximate surface area is 133 Å². The van der Waals surface area contributed by atoms with Crippen LogP contribution < -0.4 is 0 Å². The maximum absolute atomic E-state index is 11.6. The Morgan fingerprint density at radius 1 is 1.32 bits per heavy atom. The van der Waals surface area contributed by atoms with Gasteiger partial charge in [0.2, 0.25) is 0 Å². The fraction of sp³-hybridized carbons (Fsp3) is 0.467. The molecule has 0 aliphatic carbocycles. The van der Waals surface area contributed by atoms with E-state index in [4.69, 9.17) is 4.74 Å². The lowest BCUT2D eigenvalue weighted by Crippen LogP contribution is -2.05. The van der Waals surface area contributed by atoms with E-state index in [2.05, 4.69) is 19.7 Å². The summed E-state index contributed by atoms with van der Waals surface area (Å²) < 4.78 is 7.13. The van der Waals surface area contributed by atoms with Crippen LogP contribution in [0.4, 0.5) is 0 Å². The van der Waals surface area contributed by atoms with Gasteiger partial charge in [-0.15, -0.1) is 10.2 Å². The third-order valence-corrected chi connectivity index (χ3v) is 4.45. The highest BCUT2D eigenvalue weighted by Gasteiger charge is 2.16. The van der Waals surface area contributed by atoms with E-state index in [1.165, 1.54) is 24.6 Å². The van der Waals surface area contributed by atoms with Gasteiger partial charge in [-0.3, -0.25) is 0 Å². The summed E-state index contributed by atoms with van der Waals surface area (Å²) in [5.74, 6) is 0.714. The van der Waals surface area contributed by atoms with E-state index >= 15 is 0 Å². The van der Waals surface area contributed by atoms with Crippen molar-refractivity contribution >= 4 is 17.7 Å². The minimum Gasteiger partial charge on any atom is -0.462 e. The minimum absolute atomic E-state index is 0.345. The number of ether oxygens (including phenoxy) is 1. The second-order valence-corrected chi connectivity index (χ2v) is 6.06. The smallest absolute Gasteiger partial charge is 0.339 e. The number of aromatic nitrogens is 4. The lowest BCUT2D eigenvalue weighted by molar-refractivity contribution is 0.0525. The molecule has 22 heavy (non-hydrogen) atoms. The molecule has 0 saturated heterocycles. The zero-order chi connectivity index (χ0) is 15.4. The summed E-state index contributed by atoms with van der Waals surface area (Å²) in [4.78, 5) is 15.9. The van der Waals surface area contributed by atoms with Crippen LogP contribution in [0.15, 0.2) is 28.5 Å². The van der Waals surface area contributed by atoms with Crippen molar-refractivity contribution in [3.63, 3.8) is 0 Å². The van der Waals surface area contributed by atoms with Crippen molar-refractivity contribution < 1.29 is 9.53 Å². The van der Waals surface area contributed by atoms with Gasteiger partial charge < -0.3 is 9.30 Å². The normalized spacial score (nSPS) is 14.2. The van der Waals surface area contributed by atoms with Gasteiger partial charge in [0.25, 0.3) is 0 Å². The van der Waals surface area contributed by atoms with Crippen LogP contribution in [0.5, 0.6) is 0 Å². The SMILES string of the molecule is CCOC(=O)c1ccc(Sc2nnc3n2CCCCC3)nc1.